The average Bonchev–Trinajstić information content (AvgIpc) is 2.49. The Balaban J connectivity index is 2.24. The maximum absolute atomic E-state index is 9.84. The summed E-state index contributed by atoms with van der Waals surface area (Å²) in [6, 6.07) is 0.0762. The van der Waals surface area contributed by atoms with Crippen molar-refractivity contribution in [3.05, 3.63) is 9.77 Å². The van der Waals surface area contributed by atoms with Crippen molar-refractivity contribution in [3.8, 4) is 0 Å². The minimum atomic E-state index is -0.290. The van der Waals surface area contributed by atoms with E-state index in [9.17, 15) is 5.11 Å². The fraction of sp³-hybridized carbons (Fsp3) is 0.667. The first-order valence-electron chi connectivity index (χ1n) is 4.86. The van der Waals surface area contributed by atoms with Gasteiger partial charge in [0.15, 0.2) is 0 Å². The highest BCUT2D eigenvalue weighted by atomic mass is 127. The van der Waals surface area contributed by atoms with E-state index in [1.54, 1.807) is 10.9 Å². The van der Waals surface area contributed by atoms with Crippen molar-refractivity contribution in [3.63, 3.8) is 0 Å². The van der Waals surface area contributed by atoms with Gasteiger partial charge in [0, 0.05) is 0 Å². The maximum atomic E-state index is 9.84. The smallest absolute Gasteiger partial charge is 0.135 e. The summed E-state index contributed by atoms with van der Waals surface area (Å²) in [6.45, 7) is 0. The third-order valence-corrected chi connectivity index (χ3v) is 3.63. The van der Waals surface area contributed by atoms with Crippen LogP contribution < -0.4 is 5.73 Å². The zero-order valence-corrected chi connectivity index (χ0v) is 10.0. The number of aliphatic hydroxyl groups excluding tert-OH is 1. The summed E-state index contributed by atoms with van der Waals surface area (Å²) in [5.41, 5.74) is 5.88. The zero-order chi connectivity index (χ0) is 10.1. The minimum Gasteiger partial charge on any atom is -0.391 e. The van der Waals surface area contributed by atoms with Gasteiger partial charge in [0.25, 0.3) is 0 Å². The van der Waals surface area contributed by atoms with Crippen LogP contribution in [-0.2, 0) is 0 Å². The molecule has 2 atom stereocenters. The van der Waals surface area contributed by atoms with E-state index in [4.69, 9.17) is 5.73 Å². The van der Waals surface area contributed by atoms with Gasteiger partial charge >= 0.3 is 0 Å². The molecule has 0 bridgehead atoms. The van der Waals surface area contributed by atoms with Gasteiger partial charge in [-0.2, -0.15) is 5.10 Å². The standard InChI is InChI=1S/C9H14IN3O/c10-6-5-12-13(9(6)11)7-3-1-2-4-8(7)14/h5,7-8,14H,1-4,11H2. The number of nitrogens with two attached hydrogens (primary N) is 1. The van der Waals surface area contributed by atoms with Crippen LogP contribution in [-0.4, -0.2) is 21.0 Å². The Kier molecular flexibility index (Phi) is 2.96. The van der Waals surface area contributed by atoms with E-state index >= 15 is 0 Å². The summed E-state index contributed by atoms with van der Waals surface area (Å²) in [5, 5.41) is 14.1. The lowest BCUT2D eigenvalue weighted by Crippen LogP contribution is -2.29. The molecule has 0 radical (unpaired) electrons. The van der Waals surface area contributed by atoms with E-state index < -0.39 is 0 Å². The van der Waals surface area contributed by atoms with Gasteiger partial charge in [-0.05, 0) is 35.4 Å². The lowest BCUT2D eigenvalue weighted by Gasteiger charge is -2.28. The number of halogens is 1. The molecular weight excluding hydrogens is 293 g/mol. The molecule has 4 nitrogen and oxygen atoms in total. The summed E-state index contributed by atoms with van der Waals surface area (Å²) >= 11 is 2.16. The zero-order valence-electron chi connectivity index (χ0n) is 7.86. The van der Waals surface area contributed by atoms with Gasteiger partial charge in [-0.1, -0.05) is 12.8 Å². The van der Waals surface area contributed by atoms with E-state index in [2.05, 4.69) is 27.7 Å². The van der Waals surface area contributed by atoms with E-state index in [0.717, 1.165) is 29.3 Å². The predicted octanol–water partition coefficient (Wildman–Crippen LogP) is 1.55. The van der Waals surface area contributed by atoms with Gasteiger partial charge in [0.1, 0.15) is 5.82 Å². The molecule has 0 saturated heterocycles. The first-order chi connectivity index (χ1) is 6.70. The number of hydrogen-bond donors (Lipinski definition) is 2. The van der Waals surface area contributed by atoms with Gasteiger partial charge in [-0.15, -0.1) is 0 Å². The first-order valence-corrected chi connectivity index (χ1v) is 5.94. The summed E-state index contributed by atoms with van der Waals surface area (Å²) in [6.07, 6.45) is 5.55. The average molecular weight is 307 g/mol. The van der Waals surface area contributed by atoms with E-state index in [0.29, 0.717) is 5.82 Å². The molecule has 1 aromatic rings. The minimum absolute atomic E-state index is 0.0762. The molecule has 78 valence electrons. The van der Waals surface area contributed by atoms with Gasteiger partial charge in [0.05, 0.1) is 21.9 Å². The molecule has 3 N–H and O–H groups in total. The van der Waals surface area contributed by atoms with Crippen molar-refractivity contribution >= 4 is 28.4 Å². The summed E-state index contributed by atoms with van der Waals surface area (Å²) in [4.78, 5) is 0. The molecule has 1 fully saturated rings. The topological polar surface area (TPSA) is 64.1 Å². The Morgan fingerprint density at radius 1 is 1.50 bits per heavy atom. The van der Waals surface area contributed by atoms with Crippen LogP contribution in [0.5, 0.6) is 0 Å². The summed E-state index contributed by atoms with van der Waals surface area (Å²) in [5.74, 6) is 0.677. The summed E-state index contributed by atoms with van der Waals surface area (Å²) in [7, 11) is 0. The lowest BCUT2D eigenvalue weighted by molar-refractivity contribution is 0.0705. The van der Waals surface area contributed by atoms with Crippen LogP contribution in [0.2, 0.25) is 0 Å². The monoisotopic (exact) mass is 307 g/mol. The van der Waals surface area contributed by atoms with Crippen LogP contribution >= 0.6 is 22.6 Å². The SMILES string of the molecule is Nc1c(I)cnn1C1CCCCC1O. The Labute approximate surface area is 96.6 Å². The number of aliphatic hydroxyl groups is 1. The van der Waals surface area contributed by atoms with Crippen LogP contribution in [0.25, 0.3) is 0 Å². The number of aromatic nitrogens is 2. The predicted molar refractivity (Wildman–Crippen MR) is 62.9 cm³/mol. The second kappa shape index (κ2) is 4.06. The highest BCUT2D eigenvalue weighted by Crippen LogP contribution is 2.30. The quantitative estimate of drug-likeness (QED) is 0.774. The number of nitrogens with zero attached hydrogens (tertiary/aromatic N) is 2. The maximum Gasteiger partial charge on any atom is 0.135 e. The molecule has 1 aliphatic carbocycles. The van der Waals surface area contributed by atoms with E-state index in [-0.39, 0.29) is 12.1 Å². The van der Waals surface area contributed by atoms with Gasteiger partial charge in [0.2, 0.25) is 0 Å². The van der Waals surface area contributed by atoms with Crippen molar-refractivity contribution in [2.24, 2.45) is 0 Å². The molecular formula is C9H14IN3O. The molecule has 1 heterocycles. The van der Waals surface area contributed by atoms with Gasteiger partial charge < -0.3 is 10.8 Å². The molecule has 0 amide bonds. The van der Waals surface area contributed by atoms with E-state index in [1.165, 1.54) is 0 Å². The van der Waals surface area contributed by atoms with Crippen molar-refractivity contribution in [2.75, 3.05) is 5.73 Å². The molecule has 0 aliphatic heterocycles. The van der Waals surface area contributed by atoms with Gasteiger partial charge in [-0.25, -0.2) is 4.68 Å². The van der Waals surface area contributed by atoms with E-state index in [1.807, 2.05) is 0 Å². The number of nitrogen functional groups attached to an aromatic ring is 1. The van der Waals surface area contributed by atoms with Gasteiger partial charge in [-0.3, -0.25) is 0 Å². The molecule has 14 heavy (non-hydrogen) atoms. The second-order valence-electron chi connectivity index (χ2n) is 3.74. The Bertz CT molecular complexity index is 326. The van der Waals surface area contributed by atoms with Crippen LogP contribution in [0.4, 0.5) is 5.82 Å². The second-order valence-corrected chi connectivity index (χ2v) is 4.90. The van der Waals surface area contributed by atoms with Crippen molar-refractivity contribution in [1.82, 2.24) is 9.78 Å². The molecule has 5 heteroatoms. The molecule has 1 aliphatic rings. The third kappa shape index (κ3) is 1.75. The van der Waals surface area contributed by atoms with Crippen LogP contribution in [0.15, 0.2) is 6.20 Å². The molecule has 0 spiro atoms. The fourth-order valence-electron chi connectivity index (χ4n) is 1.99. The number of rotatable bonds is 1. The molecule has 2 unspecified atom stereocenters. The van der Waals surface area contributed by atoms with Crippen molar-refractivity contribution in [1.29, 1.82) is 0 Å². The van der Waals surface area contributed by atoms with Crippen molar-refractivity contribution < 1.29 is 5.11 Å². The van der Waals surface area contributed by atoms with Crippen LogP contribution in [0.3, 0.4) is 0 Å². The number of hydrogen-bond acceptors (Lipinski definition) is 3. The molecule has 1 aromatic heterocycles. The first kappa shape index (κ1) is 10.2. The fourth-order valence-corrected chi connectivity index (χ4v) is 2.36. The Morgan fingerprint density at radius 3 is 2.79 bits per heavy atom. The third-order valence-electron chi connectivity index (χ3n) is 2.80. The molecule has 2 rings (SSSR count). The molecule has 0 aromatic carbocycles. The van der Waals surface area contributed by atoms with Crippen LogP contribution in [0, 0.1) is 3.57 Å². The normalized spacial score (nSPS) is 27.9. The Morgan fingerprint density at radius 2 is 2.21 bits per heavy atom. The number of anilines is 1. The molecule has 1 saturated carbocycles. The highest BCUT2D eigenvalue weighted by molar-refractivity contribution is 14.1. The lowest BCUT2D eigenvalue weighted by atomic mass is 9.93. The highest BCUT2D eigenvalue weighted by Gasteiger charge is 2.26. The Hall–Kier alpha value is -0.300. The largest absolute Gasteiger partial charge is 0.391 e. The van der Waals surface area contributed by atoms with Crippen molar-refractivity contribution in [2.45, 2.75) is 37.8 Å². The van der Waals surface area contributed by atoms with Crippen LogP contribution in [0.1, 0.15) is 31.7 Å². The summed E-state index contributed by atoms with van der Waals surface area (Å²) < 4.78 is 2.73.